The van der Waals surface area contributed by atoms with Crippen molar-refractivity contribution in [2.45, 2.75) is 258 Å². The lowest BCUT2D eigenvalue weighted by molar-refractivity contribution is -0.150. The van der Waals surface area contributed by atoms with E-state index in [2.05, 4.69) is 13.8 Å². The summed E-state index contributed by atoms with van der Waals surface area (Å²) in [7, 11) is 0. The number of carbonyl (C=O) groups excluding carboxylic acids is 1. The van der Waals surface area contributed by atoms with Gasteiger partial charge < -0.3 is 9.84 Å². The van der Waals surface area contributed by atoms with E-state index in [0.29, 0.717) is 6.42 Å². The Morgan fingerprint density at radius 2 is 0.652 bits per heavy atom. The first-order valence-electron chi connectivity index (χ1n) is 21.0. The van der Waals surface area contributed by atoms with Crippen LogP contribution in [0.5, 0.6) is 0 Å². The van der Waals surface area contributed by atoms with E-state index < -0.39 is 5.97 Å². The zero-order valence-corrected chi connectivity index (χ0v) is 31.4. The van der Waals surface area contributed by atoms with Crippen molar-refractivity contribution in [2.24, 2.45) is 0 Å². The third-order valence-electron chi connectivity index (χ3n) is 9.83. The SMILES string of the molecule is CCCCCCCCCCCCCCCCCCCCCCC(=O)OC(CCCCCCCCCC)CCCCCCCC(=O)O. The highest BCUT2D eigenvalue weighted by atomic mass is 16.5. The van der Waals surface area contributed by atoms with Crippen LogP contribution in [0.1, 0.15) is 251 Å². The topological polar surface area (TPSA) is 63.6 Å². The summed E-state index contributed by atoms with van der Waals surface area (Å²) in [4.78, 5) is 23.3. The van der Waals surface area contributed by atoms with E-state index in [9.17, 15) is 9.59 Å². The number of unbranched alkanes of at least 4 members (excludes halogenated alkanes) is 30. The molecule has 0 saturated heterocycles. The second-order valence-corrected chi connectivity index (χ2v) is 14.5. The minimum atomic E-state index is -0.697. The minimum absolute atomic E-state index is 0.00781. The summed E-state index contributed by atoms with van der Waals surface area (Å²) in [5, 5.41) is 8.80. The molecule has 0 aromatic rings. The Balaban J connectivity index is 3.79. The lowest BCUT2D eigenvalue weighted by Gasteiger charge is -2.18. The molecule has 0 saturated carbocycles. The van der Waals surface area contributed by atoms with E-state index in [0.717, 1.165) is 64.2 Å². The molecular formula is C42H82O4. The largest absolute Gasteiger partial charge is 0.481 e. The molecule has 0 aliphatic heterocycles. The lowest BCUT2D eigenvalue weighted by atomic mass is 10.0. The summed E-state index contributed by atoms with van der Waals surface area (Å²) in [5.74, 6) is -0.689. The molecule has 0 rings (SSSR count). The maximum absolute atomic E-state index is 12.6. The fraction of sp³-hybridized carbons (Fsp3) is 0.952. The summed E-state index contributed by atoms with van der Waals surface area (Å²) >= 11 is 0. The first kappa shape index (κ1) is 44.9. The highest BCUT2D eigenvalue weighted by Gasteiger charge is 2.14. The van der Waals surface area contributed by atoms with Gasteiger partial charge in [-0.05, 0) is 38.5 Å². The van der Waals surface area contributed by atoms with Crippen LogP contribution >= 0.6 is 0 Å². The maximum atomic E-state index is 12.6. The van der Waals surface area contributed by atoms with Gasteiger partial charge in [0.2, 0.25) is 0 Å². The molecular weight excluding hydrogens is 568 g/mol. The molecule has 0 radical (unpaired) electrons. The van der Waals surface area contributed by atoms with E-state index >= 15 is 0 Å². The standard InChI is InChI=1S/C42H82O4/c1-3-5-7-9-11-13-14-15-16-17-18-19-20-21-22-23-24-26-31-35-39-42(45)46-40(36-32-28-25-12-10-8-6-4-2)37-33-29-27-30-34-38-41(43)44/h40H,3-39H2,1-2H3,(H,43,44). The van der Waals surface area contributed by atoms with Gasteiger partial charge in [-0.25, -0.2) is 0 Å². The lowest BCUT2D eigenvalue weighted by Crippen LogP contribution is -2.18. The summed E-state index contributed by atoms with van der Waals surface area (Å²) in [6.45, 7) is 4.56. The molecule has 0 aliphatic rings. The summed E-state index contributed by atoms with van der Waals surface area (Å²) in [6.07, 6.45) is 45.7. The monoisotopic (exact) mass is 651 g/mol. The minimum Gasteiger partial charge on any atom is -0.481 e. The Bertz CT molecular complexity index is 619. The van der Waals surface area contributed by atoms with Crippen LogP contribution in [0.4, 0.5) is 0 Å². The van der Waals surface area contributed by atoms with Gasteiger partial charge in [0.15, 0.2) is 0 Å². The maximum Gasteiger partial charge on any atom is 0.306 e. The average Bonchev–Trinajstić information content (AvgIpc) is 3.04. The van der Waals surface area contributed by atoms with Gasteiger partial charge in [0.05, 0.1) is 0 Å². The normalized spacial score (nSPS) is 12.0. The van der Waals surface area contributed by atoms with Gasteiger partial charge in [-0.3, -0.25) is 9.59 Å². The van der Waals surface area contributed by atoms with Crippen molar-refractivity contribution in [2.75, 3.05) is 0 Å². The summed E-state index contributed by atoms with van der Waals surface area (Å²) in [5.41, 5.74) is 0. The van der Waals surface area contributed by atoms with Gasteiger partial charge in [-0.2, -0.15) is 0 Å². The second-order valence-electron chi connectivity index (χ2n) is 14.5. The number of hydrogen-bond acceptors (Lipinski definition) is 3. The van der Waals surface area contributed by atoms with Gasteiger partial charge >= 0.3 is 11.9 Å². The number of carboxylic acids is 1. The quantitative estimate of drug-likeness (QED) is 0.0531. The van der Waals surface area contributed by atoms with Crippen LogP contribution in [0.2, 0.25) is 0 Å². The predicted molar refractivity (Wildman–Crippen MR) is 200 cm³/mol. The Kier molecular flexibility index (Phi) is 37.5. The van der Waals surface area contributed by atoms with Crippen molar-refractivity contribution < 1.29 is 19.4 Å². The highest BCUT2D eigenvalue weighted by molar-refractivity contribution is 5.69. The molecule has 1 unspecified atom stereocenters. The van der Waals surface area contributed by atoms with E-state index in [4.69, 9.17) is 9.84 Å². The molecule has 0 aliphatic carbocycles. The second kappa shape index (κ2) is 38.4. The van der Waals surface area contributed by atoms with Gasteiger partial charge in [-0.1, -0.05) is 200 Å². The molecule has 0 aromatic heterocycles. The van der Waals surface area contributed by atoms with Crippen molar-refractivity contribution in [3.05, 3.63) is 0 Å². The van der Waals surface area contributed by atoms with Gasteiger partial charge in [0, 0.05) is 12.8 Å². The zero-order valence-electron chi connectivity index (χ0n) is 31.4. The van der Waals surface area contributed by atoms with E-state index in [1.165, 1.54) is 161 Å². The van der Waals surface area contributed by atoms with Crippen molar-refractivity contribution in [3.8, 4) is 0 Å². The third-order valence-corrected chi connectivity index (χ3v) is 9.83. The Hall–Kier alpha value is -1.06. The molecule has 0 spiro atoms. The third kappa shape index (κ3) is 37.4. The smallest absolute Gasteiger partial charge is 0.306 e. The summed E-state index contributed by atoms with van der Waals surface area (Å²) < 4.78 is 5.99. The number of carbonyl (C=O) groups is 2. The van der Waals surface area contributed by atoms with Crippen molar-refractivity contribution in [1.82, 2.24) is 0 Å². The molecule has 274 valence electrons. The van der Waals surface area contributed by atoms with Crippen LogP contribution in [-0.4, -0.2) is 23.1 Å². The van der Waals surface area contributed by atoms with Crippen molar-refractivity contribution in [3.63, 3.8) is 0 Å². The predicted octanol–water partition coefficient (Wildman–Crippen LogP) is 14.5. The van der Waals surface area contributed by atoms with Gasteiger partial charge in [0.25, 0.3) is 0 Å². The molecule has 1 N–H and O–H groups in total. The Labute approximate surface area is 288 Å². The summed E-state index contributed by atoms with van der Waals surface area (Å²) in [6, 6.07) is 0. The molecule has 46 heavy (non-hydrogen) atoms. The van der Waals surface area contributed by atoms with E-state index in [1.54, 1.807) is 0 Å². The molecule has 0 heterocycles. The number of hydrogen-bond donors (Lipinski definition) is 1. The number of ether oxygens (including phenoxy) is 1. The molecule has 1 atom stereocenters. The van der Waals surface area contributed by atoms with Crippen LogP contribution in [-0.2, 0) is 14.3 Å². The van der Waals surface area contributed by atoms with Crippen molar-refractivity contribution in [1.29, 1.82) is 0 Å². The van der Waals surface area contributed by atoms with Gasteiger partial charge in [0.1, 0.15) is 6.10 Å². The van der Waals surface area contributed by atoms with Crippen molar-refractivity contribution >= 4 is 11.9 Å². The molecule has 0 amide bonds. The number of carboxylic acid groups (broad SMARTS) is 1. The van der Waals surface area contributed by atoms with Crippen LogP contribution < -0.4 is 0 Å². The molecule has 4 nitrogen and oxygen atoms in total. The van der Waals surface area contributed by atoms with E-state index in [-0.39, 0.29) is 18.5 Å². The zero-order chi connectivity index (χ0) is 33.6. The number of rotatable bonds is 39. The first-order valence-corrected chi connectivity index (χ1v) is 21.0. The molecule has 4 heteroatoms. The highest BCUT2D eigenvalue weighted by Crippen LogP contribution is 2.19. The fourth-order valence-electron chi connectivity index (χ4n) is 6.72. The number of aliphatic carboxylic acids is 1. The van der Waals surface area contributed by atoms with Gasteiger partial charge in [-0.15, -0.1) is 0 Å². The average molecular weight is 651 g/mol. The molecule has 0 bridgehead atoms. The van der Waals surface area contributed by atoms with Crippen LogP contribution in [0, 0.1) is 0 Å². The fourth-order valence-corrected chi connectivity index (χ4v) is 6.72. The molecule has 0 fully saturated rings. The first-order chi connectivity index (χ1) is 22.6. The van der Waals surface area contributed by atoms with Crippen LogP contribution in [0.15, 0.2) is 0 Å². The number of esters is 1. The van der Waals surface area contributed by atoms with E-state index in [1.807, 2.05) is 0 Å². The molecule has 0 aromatic carbocycles. The Morgan fingerprint density at radius 3 is 0.957 bits per heavy atom. The van der Waals surface area contributed by atoms with Crippen LogP contribution in [0.25, 0.3) is 0 Å². The Morgan fingerprint density at radius 1 is 0.391 bits per heavy atom. The van der Waals surface area contributed by atoms with Crippen LogP contribution in [0.3, 0.4) is 0 Å².